The van der Waals surface area contributed by atoms with Crippen molar-refractivity contribution in [2.45, 2.75) is 31.7 Å². The maximum Gasteiger partial charge on any atom is 0.325 e. The van der Waals surface area contributed by atoms with Crippen LogP contribution in [0.5, 0.6) is 5.75 Å². The van der Waals surface area contributed by atoms with Crippen LogP contribution in [0.2, 0.25) is 0 Å². The molecule has 1 aromatic heterocycles. The van der Waals surface area contributed by atoms with E-state index in [2.05, 4.69) is 10.6 Å². The third kappa shape index (κ3) is 3.08. The highest BCUT2D eigenvalue weighted by molar-refractivity contribution is 5.98. The number of hydrogen-bond donors (Lipinski definition) is 2. The second-order valence-electron chi connectivity index (χ2n) is 7.67. The Balaban J connectivity index is 1.42. The summed E-state index contributed by atoms with van der Waals surface area (Å²) in [6.45, 7) is 2.19. The zero-order valence-corrected chi connectivity index (χ0v) is 16.4. The lowest BCUT2D eigenvalue weighted by Crippen LogP contribution is -2.65. The van der Waals surface area contributed by atoms with E-state index < -0.39 is 5.72 Å². The molecule has 30 heavy (non-hydrogen) atoms. The smallest absolute Gasteiger partial charge is 0.325 e. The fourth-order valence-corrected chi connectivity index (χ4v) is 4.18. The van der Waals surface area contributed by atoms with Gasteiger partial charge in [0.15, 0.2) is 5.72 Å². The first-order valence-electron chi connectivity index (χ1n) is 9.83. The van der Waals surface area contributed by atoms with Gasteiger partial charge in [-0.05, 0) is 43.3 Å². The Morgan fingerprint density at radius 2 is 2.07 bits per heavy atom. The van der Waals surface area contributed by atoms with Crippen molar-refractivity contribution in [3.05, 3.63) is 83.8 Å². The van der Waals surface area contributed by atoms with E-state index in [0.717, 1.165) is 11.3 Å². The highest BCUT2D eigenvalue weighted by atomic mass is 16.5. The number of para-hydroxylation sites is 1. The molecule has 2 N–H and O–H groups in total. The highest BCUT2D eigenvalue weighted by Gasteiger charge is 2.49. The Labute approximate surface area is 173 Å². The summed E-state index contributed by atoms with van der Waals surface area (Å²) in [5, 5.41) is 5.89. The lowest BCUT2D eigenvalue weighted by Gasteiger charge is -2.50. The van der Waals surface area contributed by atoms with Gasteiger partial charge < -0.3 is 19.8 Å². The third-order valence-corrected chi connectivity index (χ3v) is 5.55. The van der Waals surface area contributed by atoms with Crippen molar-refractivity contribution in [3.8, 4) is 5.75 Å². The van der Waals surface area contributed by atoms with Crippen LogP contribution in [-0.2, 0) is 6.54 Å². The van der Waals surface area contributed by atoms with Crippen molar-refractivity contribution in [1.82, 2.24) is 10.6 Å². The molecule has 3 heterocycles. The molecule has 2 aliphatic heterocycles. The molecule has 0 radical (unpaired) electrons. The molecule has 2 bridgehead atoms. The van der Waals surface area contributed by atoms with E-state index in [1.165, 1.54) is 0 Å². The first kappa shape index (κ1) is 18.3. The number of carbonyl (C=O) groups is 2. The zero-order valence-electron chi connectivity index (χ0n) is 16.4. The number of furan rings is 1. The molecule has 5 rings (SSSR count). The number of fused-ring (bicyclic) bond motifs is 4. The Morgan fingerprint density at radius 3 is 2.90 bits per heavy atom. The standard InChI is InChI=1S/C23H21N3O4/c1-23-13-19(18-9-2-3-10-20(18)30-23)25-22(28)26(23)16-7-4-6-15(12-16)21(27)24-14-17-8-5-11-29-17/h2-12,19H,13-14H2,1H3,(H,24,27)(H,25,28). The lowest BCUT2D eigenvalue weighted by atomic mass is 9.90. The Morgan fingerprint density at radius 1 is 1.20 bits per heavy atom. The molecule has 2 unspecified atom stereocenters. The quantitative estimate of drug-likeness (QED) is 0.690. The van der Waals surface area contributed by atoms with Crippen LogP contribution in [0.4, 0.5) is 10.5 Å². The van der Waals surface area contributed by atoms with Gasteiger partial charge >= 0.3 is 6.03 Å². The van der Waals surface area contributed by atoms with E-state index in [4.69, 9.17) is 9.15 Å². The van der Waals surface area contributed by atoms with Crippen LogP contribution in [0.3, 0.4) is 0 Å². The minimum Gasteiger partial charge on any atom is -0.467 e. The van der Waals surface area contributed by atoms with Gasteiger partial charge in [0, 0.05) is 17.5 Å². The molecule has 3 aromatic rings. The van der Waals surface area contributed by atoms with E-state index in [1.54, 1.807) is 47.6 Å². The van der Waals surface area contributed by atoms with Crippen molar-refractivity contribution in [1.29, 1.82) is 0 Å². The summed E-state index contributed by atoms with van der Waals surface area (Å²) in [5.74, 6) is 1.18. The molecule has 1 fully saturated rings. The number of rotatable bonds is 4. The average Bonchev–Trinajstić information content (AvgIpc) is 3.25. The van der Waals surface area contributed by atoms with E-state index in [9.17, 15) is 9.59 Å². The summed E-state index contributed by atoms with van der Waals surface area (Å²) in [4.78, 5) is 27.2. The van der Waals surface area contributed by atoms with Crippen LogP contribution >= 0.6 is 0 Å². The molecule has 0 aliphatic carbocycles. The summed E-state index contributed by atoms with van der Waals surface area (Å²) >= 11 is 0. The van der Waals surface area contributed by atoms with Gasteiger partial charge in [-0.15, -0.1) is 0 Å². The maximum absolute atomic E-state index is 13.0. The Kier molecular flexibility index (Phi) is 4.24. The fraction of sp³-hybridized carbons (Fsp3) is 0.217. The van der Waals surface area contributed by atoms with Crippen LogP contribution in [0.1, 0.15) is 41.1 Å². The van der Waals surface area contributed by atoms with Crippen molar-refractivity contribution >= 4 is 17.6 Å². The number of amides is 3. The molecular weight excluding hydrogens is 382 g/mol. The van der Waals surface area contributed by atoms with Crippen LogP contribution in [-0.4, -0.2) is 17.7 Å². The predicted octanol–water partition coefficient (Wildman–Crippen LogP) is 3.98. The van der Waals surface area contributed by atoms with E-state index in [0.29, 0.717) is 30.0 Å². The molecule has 0 saturated carbocycles. The molecule has 7 nitrogen and oxygen atoms in total. The normalized spacial score (nSPS) is 22.0. The lowest BCUT2D eigenvalue weighted by molar-refractivity contribution is 0.0378. The molecule has 2 atom stereocenters. The highest BCUT2D eigenvalue weighted by Crippen LogP contribution is 2.45. The third-order valence-electron chi connectivity index (χ3n) is 5.55. The Bertz CT molecular complexity index is 1110. The molecule has 152 valence electrons. The van der Waals surface area contributed by atoms with Gasteiger partial charge in [-0.2, -0.15) is 0 Å². The number of carbonyl (C=O) groups excluding carboxylic acids is 2. The second-order valence-corrected chi connectivity index (χ2v) is 7.67. The van der Waals surface area contributed by atoms with Gasteiger partial charge in [0.25, 0.3) is 5.91 Å². The van der Waals surface area contributed by atoms with Crippen molar-refractivity contribution < 1.29 is 18.7 Å². The van der Waals surface area contributed by atoms with Crippen LogP contribution in [0, 0.1) is 0 Å². The largest absolute Gasteiger partial charge is 0.467 e. The number of ether oxygens (including phenoxy) is 1. The topological polar surface area (TPSA) is 83.8 Å². The van der Waals surface area contributed by atoms with Crippen molar-refractivity contribution in [2.24, 2.45) is 0 Å². The second kappa shape index (κ2) is 6.95. The summed E-state index contributed by atoms with van der Waals surface area (Å²) in [5.41, 5.74) is 1.17. The molecule has 3 amide bonds. The molecule has 7 heteroatoms. The molecule has 2 aromatic carbocycles. The van der Waals surface area contributed by atoms with E-state index >= 15 is 0 Å². The fourth-order valence-electron chi connectivity index (χ4n) is 4.18. The number of nitrogens with one attached hydrogen (secondary N) is 2. The Hall–Kier alpha value is -3.74. The molecule has 2 aliphatic rings. The van der Waals surface area contributed by atoms with Gasteiger partial charge in [0.1, 0.15) is 11.5 Å². The predicted molar refractivity (Wildman–Crippen MR) is 110 cm³/mol. The van der Waals surface area contributed by atoms with E-state index in [-0.39, 0.29) is 18.0 Å². The average molecular weight is 403 g/mol. The van der Waals surface area contributed by atoms with Crippen LogP contribution in [0.15, 0.2) is 71.3 Å². The number of urea groups is 1. The van der Waals surface area contributed by atoms with Crippen LogP contribution < -0.4 is 20.3 Å². The minimum absolute atomic E-state index is 0.108. The van der Waals surface area contributed by atoms with Gasteiger partial charge in [-0.25, -0.2) is 4.79 Å². The molecule has 0 spiro atoms. The molecule has 1 saturated heterocycles. The van der Waals surface area contributed by atoms with Gasteiger partial charge in [-0.1, -0.05) is 24.3 Å². The van der Waals surface area contributed by atoms with Gasteiger partial charge in [-0.3, -0.25) is 9.69 Å². The van der Waals surface area contributed by atoms with E-state index in [1.807, 2.05) is 31.2 Å². The summed E-state index contributed by atoms with van der Waals surface area (Å²) in [7, 11) is 0. The number of nitrogens with zero attached hydrogens (tertiary/aromatic N) is 1. The summed E-state index contributed by atoms with van der Waals surface area (Å²) in [6.07, 6.45) is 2.16. The first-order chi connectivity index (χ1) is 14.5. The van der Waals surface area contributed by atoms with Gasteiger partial charge in [0.2, 0.25) is 0 Å². The number of hydrogen-bond acceptors (Lipinski definition) is 4. The SMILES string of the molecule is CC12CC(NC(=O)N1c1cccc(C(=O)NCc3ccco3)c1)c1ccccc1O2. The van der Waals surface area contributed by atoms with Crippen LogP contribution in [0.25, 0.3) is 0 Å². The summed E-state index contributed by atoms with van der Waals surface area (Å²) < 4.78 is 11.5. The van der Waals surface area contributed by atoms with Gasteiger partial charge in [0.05, 0.1) is 24.5 Å². The first-order valence-corrected chi connectivity index (χ1v) is 9.83. The molecular formula is C23H21N3O4. The summed E-state index contributed by atoms with van der Waals surface area (Å²) in [6, 6.07) is 17.9. The number of benzene rings is 2. The monoisotopic (exact) mass is 403 g/mol. The zero-order chi connectivity index (χ0) is 20.7. The number of anilines is 1. The maximum atomic E-state index is 13.0. The minimum atomic E-state index is -0.857. The van der Waals surface area contributed by atoms with Crippen molar-refractivity contribution in [3.63, 3.8) is 0 Å². The van der Waals surface area contributed by atoms with Crippen molar-refractivity contribution in [2.75, 3.05) is 4.90 Å².